The second-order valence-corrected chi connectivity index (χ2v) is 6.81. The maximum absolute atomic E-state index is 11.9. The molecule has 4 unspecified atom stereocenters. The minimum absolute atomic E-state index is 0.00684. The third-order valence-electron chi connectivity index (χ3n) is 5.06. The SMILES string of the molecule is COC12CCC(C)(C=C3OC(=O)C(CO)=C3C(O)CC1(C)O)O2. The number of hydrogen-bond donors (Lipinski definition) is 3. The molecular formula is C16H22O7. The molecule has 0 aromatic heterocycles. The lowest BCUT2D eigenvalue weighted by atomic mass is 9.82. The zero-order valence-corrected chi connectivity index (χ0v) is 13.5. The van der Waals surface area contributed by atoms with Crippen LogP contribution in [-0.2, 0) is 19.0 Å². The molecule has 0 aromatic rings. The Labute approximate surface area is 134 Å². The molecule has 3 N–H and O–H groups in total. The van der Waals surface area contributed by atoms with Crippen molar-refractivity contribution in [2.24, 2.45) is 0 Å². The quantitative estimate of drug-likeness (QED) is 0.620. The first kappa shape index (κ1) is 16.6. The third kappa shape index (κ3) is 2.35. The van der Waals surface area contributed by atoms with Crippen molar-refractivity contribution in [3.8, 4) is 0 Å². The smallest absolute Gasteiger partial charge is 0.342 e. The fraction of sp³-hybridized carbons (Fsp3) is 0.688. The summed E-state index contributed by atoms with van der Waals surface area (Å²) < 4.78 is 16.8. The van der Waals surface area contributed by atoms with Crippen molar-refractivity contribution in [3.63, 3.8) is 0 Å². The molecule has 1 fully saturated rings. The van der Waals surface area contributed by atoms with Crippen LogP contribution in [0.5, 0.6) is 0 Å². The Balaban J connectivity index is 2.17. The molecule has 7 heteroatoms. The standard InChI is InChI=1S/C16H22O7/c1-14-4-5-16(21-3,23-14)15(2,20)6-10(18)12-9(8-17)13(19)22-11(12)7-14/h7,10,17-18,20H,4-6,8H2,1-3H3. The molecule has 0 aromatic carbocycles. The van der Waals surface area contributed by atoms with Gasteiger partial charge in [-0.3, -0.25) is 0 Å². The van der Waals surface area contributed by atoms with Gasteiger partial charge < -0.3 is 29.5 Å². The van der Waals surface area contributed by atoms with Crippen molar-refractivity contribution >= 4 is 5.97 Å². The average Bonchev–Trinajstić information content (AvgIpc) is 2.96. The minimum Gasteiger partial charge on any atom is -0.423 e. The van der Waals surface area contributed by atoms with E-state index in [1.54, 1.807) is 13.0 Å². The fourth-order valence-electron chi connectivity index (χ4n) is 3.74. The summed E-state index contributed by atoms with van der Waals surface area (Å²) in [5, 5.41) is 30.9. The zero-order chi connectivity index (χ0) is 17.0. The van der Waals surface area contributed by atoms with Crippen molar-refractivity contribution in [2.45, 2.75) is 56.2 Å². The molecule has 2 bridgehead atoms. The molecule has 3 heterocycles. The van der Waals surface area contributed by atoms with Gasteiger partial charge in [-0.05, 0) is 26.3 Å². The molecule has 3 rings (SSSR count). The molecule has 0 spiro atoms. The van der Waals surface area contributed by atoms with Gasteiger partial charge >= 0.3 is 5.97 Å². The number of aliphatic hydroxyl groups is 3. The number of ether oxygens (including phenoxy) is 3. The summed E-state index contributed by atoms with van der Waals surface area (Å²) in [6.45, 7) is 2.79. The molecule has 3 aliphatic heterocycles. The normalized spacial score (nSPS) is 43.5. The molecule has 23 heavy (non-hydrogen) atoms. The maximum Gasteiger partial charge on any atom is 0.342 e. The van der Waals surface area contributed by atoms with E-state index in [1.807, 2.05) is 0 Å². The predicted octanol–water partition coefficient (Wildman–Crippen LogP) is 0.143. The van der Waals surface area contributed by atoms with Crippen LogP contribution in [0.25, 0.3) is 0 Å². The Kier molecular flexibility index (Phi) is 3.70. The molecule has 4 atom stereocenters. The van der Waals surface area contributed by atoms with Gasteiger partial charge in [0.15, 0.2) is 5.79 Å². The van der Waals surface area contributed by atoms with E-state index in [0.717, 1.165) is 0 Å². The van der Waals surface area contributed by atoms with Gasteiger partial charge in [0.1, 0.15) is 11.4 Å². The van der Waals surface area contributed by atoms with Gasteiger partial charge in [-0.1, -0.05) is 0 Å². The van der Waals surface area contributed by atoms with E-state index < -0.39 is 35.7 Å². The van der Waals surface area contributed by atoms with Gasteiger partial charge in [0.25, 0.3) is 0 Å². The Hall–Kier alpha value is -1.25. The van der Waals surface area contributed by atoms with E-state index in [2.05, 4.69) is 0 Å². The largest absolute Gasteiger partial charge is 0.423 e. The van der Waals surface area contributed by atoms with Crippen LogP contribution in [-0.4, -0.2) is 58.1 Å². The van der Waals surface area contributed by atoms with Gasteiger partial charge in [0.05, 0.1) is 23.9 Å². The summed E-state index contributed by atoms with van der Waals surface area (Å²) in [5.41, 5.74) is -2.11. The number of rotatable bonds is 2. The summed E-state index contributed by atoms with van der Waals surface area (Å²) in [6, 6.07) is 0. The van der Waals surface area contributed by atoms with E-state index in [4.69, 9.17) is 14.2 Å². The molecule has 128 valence electrons. The highest BCUT2D eigenvalue weighted by atomic mass is 16.7. The van der Waals surface area contributed by atoms with Crippen molar-refractivity contribution < 1.29 is 34.3 Å². The second kappa shape index (κ2) is 5.12. The van der Waals surface area contributed by atoms with Crippen LogP contribution in [0.3, 0.4) is 0 Å². The maximum atomic E-state index is 11.9. The van der Waals surface area contributed by atoms with E-state index in [0.29, 0.717) is 12.8 Å². The number of carbonyl (C=O) groups excluding carboxylic acids is 1. The summed E-state index contributed by atoms with van der Waals surface area (Å²) >= 11 is 0. The number of carbonyl (C=O) groups is 1. The first-order chi connectivity index (χ1) is 10.7. The highest BCUT2D eigenvalue weighted by Crippen LogP contribution is 2.50. The zero-order valence-electron chi connectivity index (χ0n) is 13.5. The van der Waals surface area contributed by atoms with Crippen LogP contribution in [0.4, 0.5) is 0 Å². The monoisotopic (exact) mass is 326 g/mol. The average molecular weight is 326 g/mol. The molecule has 7 nitrogen and oxygen atoms in total. The number of aliphatic hydroxyl groups excluding tert-OH is 2. The molecular weight excluding hydrogens is 304 g/mol. The number of hydrogen-bond acceptors (Lipinski definition) is 7. The van der Waals surface area contributed by atoms with Crippen molar-refractivity contribution in [2.75, 3.05) is 13.7 Å². The molecule has 0 radical (unpaired) electrons. The van der Waals surface area contributed by atoms with E-state index in [1.165, 1.54) is 14.0 Å². The Morgan fingerprint density at radius 1 is 1.39 bits per heavy atom. The van der Waals surface area contributed by atoms with Crippen LogP contribution in [0, 0.1) is 0 Å². The van der Waals surface area contributed by atoms with E-state index in [9.17, 15) is 20.1 Å². The lowest BCUT2D eigenvalue weighted by Gasteiger charge is -2.42. The Morgan fingerprint density at radius 2 is 2.09 bits per heavy atom. The van der Waals surface area contributed by atoms with Gasteiger partial charge in [-0.25, -0.2) is 4.79 Å². The molecule has 3 aliphatic rings. The number of methoxy groups -OCH3 is 1. The molecule has 0 amide bonds. The lowest BCUT2D eigenvalue weighted by molar-refractivity contribution is -0.310. The van der Waals surface area contributed by atoms with Crippen molar-refractivity contribution in [3.05, 3.63) is 23.0 Å². The minimum atomic E-state index is -1.50. The topological polar surface area (TPSA) is 105 Å². The highest BCUT2D eigenvalue weighted by molar-refractivity contribution is 5.95. The Bertz CT molecular complexity index is 606. The van der Waals surface area contributed by atoms with Crippen LogP contribution in [0.15, 0.2) is 23.0 Å². The van der Waals surface area contributed by atoms with Gasteiger partial charge in [-0.15, -0.1) is 0 Å². The van der Waals surface area contributed by atoms with Crippen LogP contribution in [0.2, 0.25) is 0 Å². The van der Waals surface area contributed by atoms with Gasteiger partial charge in [0, 0.05) is 25.5 Å². The summed E-state index contributed by atoms with van der Waals surface area (Å²) in [4.78, 5) is 11.9. The number of esters is 1. The van der Waals surface area contributed by atoms with Gasteiger partial charge in [0.2, 0.25) is 0 Å². The highest BCUT2D eigenvalue weighted by Gasteiger charge is 2.59. The molecule has 0 saturated carbocycles. The number of fused-ring (bicyclic) bond motifs is 3. The van der Waals surface area contributed by atoms with Crippen LogP contribution in [0.1, 0.15) is 33.1 Å². The fourth-order valence-corrected chi connectivity index (χ4v) is 3.74. The van der Waals surface area contributed by atoms with Crippen LogP contribution < -0.4 is 0 Å². The van der Waals surface area contributed by atoms with E-state index >= 15 is 0 Å². The second-order valence-electron chi connectivity index (χ2n) is 6.81. The first-order valence-electron chi connectivity index (χ1n) is 7.62. The van der Waals surface area contributed by atoms with Crippen molar-refractivity contribution in [1.82, 2.24) is 0 Å². The summed E-state index contributed by atoms with van der Waals surface area (Å²) in [7, 11) is 1.46. The van der Waals surface area contributed by atoms with Gasteiger partial charge in [-0.2, -0.15) is 0 Å². The Morgan fingerprint density at radius 3 is 2.70 bits per heavy atom. The lowest BCUT2D eigenvalue weighted by Crippen LogP contribution is -2.55. The van der Waals surface area contributed by atoms with E-state index in [-0.39, 0.29) is 23.3 Å². The summed E-state index contributed by atoms with van der Waals surface area (Å²) in [5.74, 6) is -1.77. The summed E-state index contributed by atoms with van der Waals surface area (Å²) in [6.07, 6.45) is 1.29. The molecule has 0 aliphatic carbocycles. The van der Waals surface area contributed by atoms with Crippen LogP contribution >= 0.6 is 0 Å². The molecule has 1 saturated heterocycles. The first-order valence-corrected chi connectivity index (χ1v) is 7.62. The predicted molar refractivity (Wildman–Crippen MR) is 78.0 cm³/mol. The third-order valence-corrected chi connectivity index (χ3v) is 5.06. The van der Waals surface area contributed by atoms with Crippen molar-refractivity contribution in [1.29, 1.82) is 0 Å².